The minimum atomic E-state index is -0.369. The molecule has 0 bridgehead atoms. The van der Waals surface area contributed by atoms with Crippen LogP contribution >= 0.6 is 0 Å². The molecule has 1 atom stereocenters. The lowest BCUT2D eigenvalue weighted by Gasteiger charge is -2.33. The van der Waals surface area contributed by atoms with E-state index < -0.39 is 0 Å². The number of methoxy groups -OCH3 is 1. The highest BCUT2D eigenvalue weighted by Crippen LogP contribution is 2.28. The SMILES string of the molecule is COc1cc(/C=C\CN2CCCCC2CO)ccc1OC(C)=O. The molecule has 1 aromatic carbocycles. The molecule has 2 rings (SSSR count). The Morgan fingerprint density at radius 3 is 2.91 bits per heavy atom. The first-order valence-electron chi connectivity index (χ1n) is 8.02. The molecule has 1 saturated heterocycles. The van der Waals surface area contributed by atoms with Gasteiger partial charge in [-0.25, -0.2) is 0 Å². The zero-order valence-corrected chi connectivity index (χ0v) is 13.8. The van der Waals surface area contributed by atoms with Crippen LogP contribution in [0.3, 0.4) is 0 Å². The Kier molecular flexibility index (Phi) is 6.62. The van der Waals surface area contributed by atoms with E-state index in [1.807, 2.05) is 18.2 Å². The van der Waals surface area contributed by atoms with Crippen molar-refractivity contribution < 1.29 is 19.4 Å². The molecule has 0 spiro atoms. The number of piperidine rings is 1. The van der Waals surface area contributed by atoms with Crippen LogP contribution in [0.15, 0.2) is 24.3 Å². The molecular weight excluding hydrogens is 294 g/mol. The highest BCUT2D eigenvalue weighted by Gasteiger charge is 2.19. The zero-order chi connectivity index (χ0) is 16.7. The van der Waals surface area contributed by atoms with Crippen molar-refractivity contribution in [2.45, 2.75) is 32.2 Å². The lowest BCUT2D eigenvalue weighted by Crippen LogP contribution is -2.41. The van der Waals surface area contributed by atoms with E-state index in [2.05, 4.69) is 11.0 Å². The largest absolute Gasteiger partial charge is 0.493 e. The second-order valence-electron chi connectivity index (χ2n) is 5.73. The van der Waals surface area contributed by atoms with E-state index in [1.54, 1.807) is 13.2 Å². The van der Waals surface area contributed by atoms with Gasteiger partial charge < -0.3 is 14.6 Å². The number of hydrogen-bond acceptors (Lipinski definition) is 5. The number of carbonyl (C=O) groups excluding carboxylic acids is 1. The van der Waals surface area contributed by atoms with Crippen LogP contribution in [-0.4, -0.2) is 48.8 Å². The quantitative estimate of drug-likeness (QED) is 0.645. The molecule has 0 amide bonds. The van der Waals surface area contributed by atoms with Crippen molar-refractivity contribution in [3.8, 4) is 11.5 Å². The van der Waals surface area contributed by atoms with Crippen LogP contribution in [0.1, 0.15) is 31.7 Å². The Morgan fingerprint density at radius 1 is 1.39 bits per heavy atom. The van der Waals surface area contributed by atoms with Gasteiger partial charge in [-0.05, 0) is 37.1 Å². The second-order valence-corrected chi connectivity index (χ2v) is 5.73. The van der Waals surface area contributed by atoms with Crippen LogP contribution in [0.25, 0.3) is 6.08 Å². The minimum absolute atomic E-state index is 0.221. The predicted octanol–water partition coefficient (Wildman–Crippen LogP) is 2.48. The van der Waals surface area contributed by atoms with Gasteiger partial charge in [-0.1, -0.05) is 24.6 Å². The molecule has 1 aromatic rings. The molecule has 1 unspecified atom stereocenters. The summed E-state index contributed by atoms with van der Waals surface area (Å²) in [5.41, 5.74) is 0.982. The minimum Gasteiger partial charge on any atom is -0.493 e. The van der Waals surface area contributed by atoms with Crippen molar-refractivity contribution in [3.05, 3.63) is 29.8 Å². The molecular formula is C18H25NO4. The Bertz CT molecular complexity index is 556. The number of benzene rings is 1. The highest BCUT2D eigenvalue weighted by atomic mass is 16.6. The summed E-state index contributed by atoms with van der Waals surface area (Å²) in [6.45, 7) is 3.44. The van der Waals surface area contributed by atoms with Crippen LogP contribution in [0, 0.1) is 0 Å². The van der Waals surface area contributed by atoms with Gasteiger partial charge in [-0.3, -0.25) is 9.69 Å². The van der Waals surface area contributed by atoms with Gasteiger partial charge in [0.2, 0.25) is 0 Å². The van der Waals surface area contributed by atoms with Gasteiger partial charge >= 0.3 is 5.97 Å². The number of nitrogens with zero attached hydrogens (tertiary/aromatic N) is 1. The normalized spacial score (nSPS) is 19.0. The average Bonchev–Trinajstić information content (AvgIpc) is 2.56. The summed E-state index contributed by atoms with van der Waals surface area (Å²) in [4.78, 5) is 13.4. The molecule has 23 heavy (non-hydrogen) atoms. The fraction of sp³-hybridized carbons (Fsp3) is 0.500. The van der Waals surface area contributed by atoms with E-state index in [0.717, 1.165) is 25.1 Å². The summed E-state index contributed by atoms with van der Waals surface area (Å²) in [7, 11) is 1.55. The van der Waals surface area contributed by atoms with Crippen molar-refractivity contribution in [2.24, 2.45) is 0 Å². The molecule has 1 fully saturated rings. The number of aliphatic hydroxyl groups excluding tert-OH is 1. The third kappa shape index (κ3) is 5.08. The second kappa shape index (κ2) is 8.70. The molecule has 1 aliphatic heterocycles. The summed E-state index contributed by atoms with van der Waals surface area (Å²) in [6.07, 6.45) is 7.56. The number of hydrogen-bond donors (Lipinski definition) is 1. The number of ether oxygens (including phenoxy) is 2. The van der Waals surface area contributed by atoms with Crippen molar-refractivity contribution in [3.63, 3.8) is 0 Å². The smallest absolute Gasteiger partial charge is 0.308 e. The first-order valence-corrected chi connectivity index (χ1v) is 8.02. The first kappa shape index (κ1) is 17.5. The maximum absolute atomic E-state index is 11.1. The molecule has 5 heteroatoms. The van der Waals surface area contributed by atoms with Gasteiger partial charge in [0, 0.05) is 19.5 Å². The summed E-state index contributed by atoms with van der Waals surface area (Å²) in [5, 5.41) is 9.42. The van der Waals surface area contributed by atoms with E-state index in [1.165, 1.54) is 19.8 Å². The average molecular weight is 319 g/mol. The van der Waals surface area contributed by atoms with Gasteiger partial charge in [-0.2, -0.15) is 0 Å². The maximum Gasteiger partial charge on any atom is 0.308 e. The lowest BCUT2D eigenvalue weighted by molar-refractivity contribution is -0.132. The fourth-order valence-corrected chi connectivity index (χ4v) is 2.86. The molecule has 5 nitrogen and oxygen atoms in total. The molecule has 0 aromatic heterocycles. The topological polar surface area (TPSA) is 59.0 Å². The van der Waals surface area contributed by atoms with Crippen LogP contribution in [0.5, 0.6) is 11.5 Å². The molecule has 0 saturated carbocycles. The van der Waals surface area contributed by atoms with Gasteiger partial charge in [0.05, 0.1) is 13.7 Å². The van der Waals surface area contributed by atoms with Crippen molar-refractivity contribution in [1.82, 2.24) is 4.90 Å². The fourth-order valence-electron chi connectivity index (χ4n) is 2.86. The lowest BCUT2D eigenvalue weighted by atomic mass is 10.0. The summed E-state index contributed by atoms with van der Waals surface area (Å²) in [6, 6.07) is 5.73. The van der Waals surface area contributed by atoms with E-state index >= 15 is 0 Å². The maximum atomic E-state index is 11.1. The van der Waals surface area contributed by atoms with E-state index in [9.17, 15) is 9.90 Å². The summed E-state index contributed by atoms with van der Waals surface area (Å²) in [5.74, 6) is 0.591. The third-order valence-electron chi connectivity index (χ3n) is 4.05. The Labute approximate surface area is 137 Å². The van der Waals surface area contributed by atoms with Crippen molar-refractivity contribution in [2.75, 3.05) is 26.8 Å². The number of likely N-dealkylation sites (tertiary alicyclic amines) is 1. The van der Waals surface area contributed by atoms with Crippen LogP contribution in [0.2, 0.25) is 0 Å². The van der Waals surface area contributed by atoms with E-state index in [-0.39, 0.29) is 18.6 Å². The summed E-state index contributed by atoms with van der Waals surface area (Å²) >= 11 is 0. The van der Waals surface area contributed by atoms with Gasteiger partial charge in [0.1, 0.15) is 0 Å². The predicted molar refractivity (Wildman–Crippen MR) is 89.6 cm³/mol. The monoisotopic (exact) mass is 319 g/mol. The van der Waals surface area contributed by atoms with E-state index in [0.29, 0.717) is 11.5 Å². The number of esters is 1. The molecule has 0 aliphatic carbocycles. The van der Waals surface area contributed by atoms with Gasteiger partial charge in [0.15, 0.2) is 11.5 Å². The standard InChI is InChI=1S/C18H25NO4/c1-14(21)23-17-9-8-15(12-18(17)22-2)6-5-11-19-10-4-3-7-16(19)13-20/h5-6,8-9,12,16,20H,3-4,7,10-11,13H2,1-2H3/b6-5-. The van der Waals surface area contributed by atoms with Crippen LogP contribution < -0.4 is 9.47 Å². The highest BCUT2D eigenvalue weighted by molar-refractivity contribution is 5.71. The van der Waals surface area contributed by atoms with Crippen molar-refractivity contribution >= 4 is 12.0 Å². The van der Waals surface area contributed by atoms with E-state index in [4.69, 9.17) is 9.47 Å². The molecule has 0 radical (unpaired) electrons. The number of rotatable bonds is 6. The third-order valence-corrected chi connectivity index (χ3v) is 4.05. The number of aliphatic hydroxyl groups is 1. The Morgan fingerprint density at radius 2 is 2.22 bits per heavy atom. The van der Waals surface area contributed by atoms with Gasteiger partial charge in [0.25, 0.3) is 0 Å². The zero-order valence-electron chi connectivity index (χ0n) is 13.8. The summed E-state index contributed by atoms with van der Waals surface area (Å²) < 4.78 is 10.4. The van der Waals surface area contributed by atoms with Crippen LogP contribution in [0.4, 0.5) is 0 Å². The van der Waals surface area contributed by atoms with Crippen LogP contribution in [-0.2, 0) is 4.79 Å². The molecule has 1 N–H and O–H groups in total. The van der Waals surface area contributed by atoms with Crippen molar-refractivity contribution in [1.29, 1.82) is 0 Å². The Hall–Kier alpha value is -1.85. The number of carbonyl (C=O) groups is 1. The first-order chi connectivity index (χ1) is 11.1. The molecule has 1 aliphatic rings. The molecule has 126 valence electrons. The molecule has 1 heterocycles. The Balaban J connectivity index is 2.00. The van der Waals surface area contributed by atoms with Gasteiger partial charge in [-0.15, -0.1) is 0 Å².